The predicted molar refractivity (Wildman–Crippen MR) is 89.8 cm³/mol. The van der Waals surface area contributed by atoms with Crippen LogP contribution < -0.4 is 10.6 Å². The maximum atomic E-state index is 12.1. The number of nitrogens with zero attached hydrogens (tertiary/aromatic N) is 1. The van der Waals surface area contributed by atoms with Crippen molar-refractivity contribution in [2.75, 3.05) is 25.0 Å². The standard InChI is InChI=1S/C18H27N3O/c1-14-4-2-3-11-21(14)13-15-5-7-17(8-6-15)20-18(22)16-9-10-19-12-16/h5-8,14,16,19H,2-4,9-13H2,1H3,(H,20,22). The van der Waals surface area contributed by atoms with Crippen LogP contribution in [0.25, 0.3) is 0 Å². The van der Waals surface area contributed by atoms with Crippen LogP contribution in [0.3, 0.4) is 0 Å². The second-order valence-corrected chi connectivity index (χ2v) is 6.69. The summed E-state index contributed by atoms with van der Waals surface area (Å²) in [6, 6.07) is 9.03. The molecule has 1 aromatic rings. The number of benzene rings is 1. The van der Waals surface area contributed by atoms with Crippen molar-refractivity contribution >= 4 is 11.6 Å². The molecule has 2 heterocycles. The molecule has 4 heteroatoms. The Kier molecular flexibility index (Phi) is 5.11. The molecule has 2 saturated heterocycles. The number of anilines is 1. The minimum absolute atomic E-state index is 0.119. The molecule has 120 valence electrons. The van der Waals surface area contributed by atoms with Crippen molar-refractivity contribution in [2.24, 2.45) is 5.92 Å². The number of carbonyl (C=O) groups is 1. The summed E-state index contributed by atoms with van der Waals surface area (Å²) in [5, 5.41) is 6.26. The highest BCUT2D eigenvalue weighted by Crippen LogP contribution is 2.20. The summed E-state index contributed by atoms with van der Waals surface area (Å²) in [6.07, 6.45) is 4.92. The van der Waals surface area contributed by atoms with Crippen LogP contribution in [0.15, 0.2) is 24.3 Å². The Labute approximate surface area is 133 Å². The fourth-order valence-corrected chi connectivity index (χ4v) is 3.44. The molecule has 2 aliphatic rings. The van der Waals surface area contributed by atoms with E-state index in [0.717, 1.165) is 31.7 Å². The number of amides is 1. The number of carbonyl (C=O) groups excluding carboxylic acids is 1. The van der Waals surface area contributed by atoms with Crippen molar-refractivity contribution < 1.29 is 4.79 Å². The van der Waals surface area contributed by atoms with E-state index in [9.17, 15) is 4.79 Å². The van der Waals surface area contributed by atoms with Gasteiger partial charge in [0.15, 0.2) is 0 Å². The van der Waals surface area contributed by atoms with Crippen LogP contribution in [-0.4, -0.2) is 36.5 Å². The zero-order valence-electron chi connectivity index (χ0n) is 13.5. The summed E-state index contributed by atoms with van der Waals surface area (Å²) in [4.78, 5) is 14.7. The van der Waals surface area contributed by atoms with Gasteiger partial charge in [0, 0.05) is 24.8 Å². The second-order valence-electron chi connectivity index (χ2n) is 6.69. The number of hydrogen-bond acceptors (Lipinski definition) is 3. The van der Waals surface area contributed by atoms with Gasteiger partial charge < -0.3 is 10.6 Å². The molecular formula is C18H27N3O. The van der Waals surface area contributed by atoms with E-state index in [1.165, 1.54) is 31.4 Å². The Morgan fingerprint density at radius 1 is 1.27 bits per heavy atom. The maximum absolute atomic E-state index is 12.1. The lowest BCUT2D eigenvalue weighted by Gasteiger charge is -2.33. The molecule has 0 aromatic heterocycles. The molecule has 3 rings (SSSR count). The van der Waals surface area contributed by atoms with Crippen molar-refractivity contribution in [3.8, 4) is 0 Å². The second kappa shape index (κ2) is 7.25. The third-order valence-corrected chi connectivity index (χ3v) is 4.98. The van der Waals surface area contributed by atoms with Gasteiger partial charge in [-0.25, -0.2) is 0 Å². The van der Waals surface area contributed by atoms with E-state index in [0.29, 0.717) is 6.04 Å². The summed E-state index contributed by atoms with van der Waals surface area (Å²) < 4.78 is 0. The largest absolute Gasteiger partial charge is 0.326 e. The van der Waals surface area contributed by atoms with Gasteiger partial charge >= 0.3 is 0 Å². The maximum Gasteiger partial charge on any atom is 0.228 e. The smallest absolute Gasteiger partial charge is 0.228 e. The first-order valence-corrected chi connectivity index (χ1v) is 8.57. The Hall–Kier alpha value is -1.39. The molecule has 0 aliphatic carbocycles. The summed E-state index contributed by atoms with van der Waals surface area (Å²) in [5.74, 6) is 0.260. The number of likely N-dealkylation sites (tertiary alicyclic amines) is 1. The van der Waals surface area contributed by atoms with Crippen molar-refractivity contribution in [3.63, 3.8) is 0 Å². The number of hydrogen-bond donors (Lipinski definition) is 2. The Balaban J connectivity index is 1.54. The average molecular weight is 301 g/mol. The summed E-state index contributed by atoms with van der Waals surface area (Å²) in [5.41, 5.74) is 2.24. The van der Waals surface area contributed by atoms with Gasteiger partial charge in [0.05, 0.1) is 5.92 Å². The van der Waals surface area contributed by atoms with Crippen LogP contribution in [0.1, 0.15) is 38.2 Å². The van der Waals surface area contributed by atoms with Crippen molar-refractivity contribution in [3.05, 3.63) is 29.8 Å². The first kappa shape index (κ1) is 15.5. The van der Waals surface area contributed by atoms with Gasteiger partial charge in [-0.2, -0.15) is 0 Å². The van der Waals surface area contributed by atoms with E-state index < -0.39 is 0 Å². The van der Waals surface area contributed by atoms with E-state index in [-0.39, 0.29) is 11.8 Å². The zero-order valence-corrected chi connectivity index (χ0v) is 13.5. The highest BCUT2D eigenvalue weighted by Gasteiger charge is 2.22. The Bertz CT molecular complexity index is 494. The molecule has 2 unspecified atom stereocenters. The van der Waals surface area contributed by atoms with E-state index in [4.69, 9.17) is 0 Å². The fraction of sp³-hybridized carbons (Fsp3) is 0.611. The monoisotopic (exact) mass is 301 g/mol. The predicted octanol–water partition coefficient (Wildman–Crippen LogP) is 2.61. The minimum atomic E-state index is 0.119. The normalized spacial score (nSPS) is 26.0. The van der Waals surface area contributed by atoms with E-state index in [2.05, 4.69) is 34.6 Å². The molecule has 0 spiro atoms. The van der Waals surface area contributed by atoms with Crippen LogP contribution in [0, 0.1) is 5.92 Å². The molecule has 0 saturated carbocycles. The van der Waals surface area contributed by atoms with Crippen molar-refractivity contribution in [1.82, 2.24) is 10.2 Å². The lowest BCUT2D eigenvalue weighted by Crippen LogP contribution is -2.36. The van der Waals surface area contributed by atoms with Crippen LogP contribution >= 0.6 is 0 Å². The lowest BCUT2D eigenvalue weighted by atomic mass is 10.0. The first-order chi connectivity index (χ1) is 10.7. The van der Waals surface area contributed by atoms with Gasteiger partial charge in [0.25, 0.3) is 0 Å². The summed E-state index contributed by atoms with van der Waals surface area (Å²) >= 11 is 0. The third-order valence-electron chi connectivity index (χ3n) is 4.98. The summed E-state index contributed by atoms with van der Waals surface area (Å²) in [7, 11) is 0. The van der Waals surface area contributed by atoms with Crippen LogP contribution in [0.2, 0.25) is 0 Å². The minimum Gasteiger partial charge on any atom is -0.326 e. The van der Waals surface area contributed by atoms with E-state index in [1.54, 1.807) is 0 Å². The molecule has 4 nitrogen and oxygen atoms in total. The van der Waals surface area contributed by atoms with E-state index >= 15 is 0 Å². The first-order valence-electron chi connectivity index (χ1n) is 8.57. The molecule has 1 amide bonds. The Morgan fingerprint density at radius 2 is 2.09 bits per heavy atom. The van der Waals surface area contributed by atoms with E-state index in [1.807, 2.05) is 12.1 Å². The highest BCUT2D eigenvalue weighted by molar-refractivity contribution is 5.92. The molecule has 0 bridgehead atoms. The van der Waals surface area contributed by atoms with Gasteiger partial charge in [-0.05, 0) is 57.0 Å². The molecule has 22 heavy (non-hydrogen) atoms. The lowest BCUT2D eigenvalue weighted by molar-refractivity contribution is -0.119. The van der Waals surface area contributed by atoms with Gasteiger partial charge in [-0.15, -0.1) is 0 Å². The molecule has 2 atom stereocenters. The molecule has 2 N–H and O–H groups in total. The highest BCUT2D eigenvalue weighted by atomic mass is 16.1. The van der Waals surface area contributed by atoms with Gasteiger partial charge in [0.1, 0.15) is 0 Å². The molecule has 2 aliphatic heterocycles. The molecule has 1 aromatic carbocycles. The average Bonchev–Trinajstić information content (AvgIpc) is 3.06. The zero-order chi connectivity index (χ0) is 15.4. The third kappa shape index (κ3) is 3.87. The topological polar surface area (TPSA) is 44.4 Å². The number of piperidine rings is 1. The van der Waals surface area contributed by atoms with Gasteiger partial charge in [-0.1, -0.05) is 18.6 Å². The van der Waals surface area contributed by atoms with Crippen molar-refractivity contribution in [2.45, 2.75) is 45.2 Å². The number of rotatable bonds is 4. The van der Waals surface area contributed by atoms with Crippen LogP contribution in [0.5, 0.6) is 0 Å². The number of nitrogens with one attached hydrogen (secondary N) is 2. The Morgan fingerprint density at radius 3 is 2.77 bits per heavy atom. The summed E-state index contributed by atoms with van der Waals surface area (Å²) in [6.45, 7) is 6.29. The van der Waals surface area contributed by atoms with Gasteiger partial charge in [-0.3, -0.25) is 9.69 Å². The molecule has 0 radical (unpaired) electrons. The molecular weight excluding hydrogens is 274 g/mol. The van der Waals surface area contributed by atoms with Crippen LogP contribution in [-0.2, 0) is 11.3 Å². The van der Waals surface area contributed by atoms with Crippen molar-refractivity contribution in [1.29, 1.82) is 0 Å². The fourth-order valence-electron chi connectivity index (χ4n) is 3.44. The quantitative estimate of drug-likeness (QED) is 0.898. The van der Waals surface area contributed by atoms with Crippen LogP contribution in [0.4, 0.5) is 5.69 Å². The van der Waals surface area contributed by atoms with Gasteiger partial charge in [0.2, 0.25) is 5.91 Å². The molecule has 2 fully saturated rings. The SMILES string of the molecule is CC1CCCCN1Cc1ccc(NC(=O)C2CCNC2)cc1.